The average Bonchev–Trinajstić information content (AvgIpc) is 3.77. The molecule has 2 heterocycles. The number of benzene rings is 5. The van der Waals surface area contributed by atoms with E-state index < -0.39 is 13.5 Å². The van der Waals surface area contributed by atoms with Gasteiger partial charge in [-0.2, -0.15) is 0 Å². The molecule has 4 atom stereocenters. The van der Waals surface area contributed by atoms with E-state index in [9.17, 15) is 0 Å². The van der Waals surface area contributed by atoms with Gasteiger partial charge in [0.15, 0.2) is 0 Å². The average molecular weight is 552 g/mol. The molecule has 202 valence electrons. The van der Waals surface area contributed by atoms with Crippen molar-refractivity contribution in [1.82, 2.24) is 4.90 Å². The van der Waals surface area contributed by atoms with Gasteiger partial charge in [0.25, 0.3) is 0 Å². The van der Waals surface area contributed by atoms with Crippen LogP contribution in [0.2, 0.25) is 0 Å². The van der Waals surface area contributed by atoms with Gasteiger partial charge >= 0.3 is 0 Å². The van der Waals surface area contributed by atoms with Gasteiger partial charge in [0.05, 0.1) is 6.04 Å². The largest absolute Gasteiger partial charge is 0.341 e. The van der Waals surface area contributed by atoms with Crippen molar-refractivity contribution in [2.45, 2.75) is 43.2 Å². The smallest absolute Gasteiger partial charge is 0.139 e. The molecule has 3 heteroatoms. The van der Waals surface area contributed by atoms with Gasteiger partial charge in [-0.25, -0.2) is 0 Å². The number of hydrogen-bond acceptors (Lipinski definition) is 2. The highest BCUT2D eigenvalue weighted by atomic mass is 31.1. The summed E-state index contributed by atoms with van der Waals surface area (Å²) in [6, 6.07) is 54.2. The lowest BCUT2D eigenvalue weighted by molar-refractivity contribution is -0.0523. The van der Waals surface area contributed by atoms with Crippen LogP contribution in [0.4, 0.5) is 0 Å². The SMILES string of the molecule is c1ccc(P(c2ccccc2)c2ccccc2[C@@H]2OC(c3ccccc3)(c3ccccc3)[C@@H]3[C@@H]4CC[C@H](C4)N32)cc1. The summed E-state index contributed by atoms with van der Waals surface area (Å²) < 4.78 is 7.65. The minimum Gasteiger partial charge on any atom is -0.341 e. The minimum atomic E-state index is -0.754. The second-order valence-corrected chi connectivity index (χ2v) is 13.8. The summed E-state index contributed by atoms with van der Waals surface area (Å²) in [6.07, 6.45) is 3.70. The maximum Gasteiger partial charge on any atom is 0.139 e. The highest BCUT2D eigenvalue weighted by Gasteiger charge is 2.65. The Balaban J connectivity index is 1.33. The van der Waals surface area contributed by atoms with Crippen molar-refractivity contribution < 1.29 is 4.74 Å². The predicted octanol–water partition coefficient (Wildman–Crippen LogP) is 7.27. The molecule has 2 bridgehead atoms. The zero-order valence-electron chi connectivity index (χ0n) is 23.1. The molecule has 0 spiro atoms. The van der Waals surface area contributed by atoms with Crippen molar-refractivity contribution in [2.24, 2.45) is 5.92 Å². The Hall–Kier alpha value is -3.55. The van der Waals surface area contributed by atoms with Gasteiger partial charge < -0.3 is 4.74 Å². The zero-order chi connectivity index (χ0) is 27.2. The Bertz CT molecular complexity index is 1550. The lowest BCUT2D eigenvalue weighted by atomic mass is 9.75. The molecular formula is C38H34NOP. The number of piperidine rings is 1. The topological polar surface area (TPSA) is 12.5 Å². The van der Waals surface area contributed by atoms with Crippen molar-refractivity contribution in [2.75, 3.05) is 0 Å². The minimum absolute atomic E-state index is 0.107. The quantitative estimate of drug-likeness (QED) is 0.206. The molecule has 41 heavy (non-hydrogen) atoms. The fourth-order valence-corrected chi connectivity index (χ4v) is 10.4. The zero-order valence-corrected chi connectivity index (χ0v) is 24.0. The number of nitrogens with zero attached hydrogens (tertiary/aromatic N) is 1. The molecule has 0 N–H and O–H groups in total. The Labute approximate surface area is 244 Å². The first-order valence-electron chi connectivity index (χ1n) is 14.9. The van der Waals surface area contributed by atoms with Crippen LogP contribution < -0.4 is 15.9 Å². The molecule has 0 amide bonds. The first kappa shape index (κ1) is 25.2. The molecule has 8 rings (SSSR count). The van der Waals surface area contributed by atoms with Crippen LogP contribution in [0.25, 0.3) is 0 Å². The predicted molar refractivity (Wildman–Crippen MR) is 169 cm³/mol. The Morgan fingerprint density at radius 3 is 1.68 bits per heavy atom. The number of rotatable bonds is 6. The summed E-state index contributed by atoms with van der Waals surface area (Å²) in [6.45, 7) is 0. The van der Waals surface area contributed by atoms with Crippen LogP contribution in [0.15, 0.2) is 146 Å². The first-order chi connectivity index (χ1) is 20.3. The van der Waals surface area contributed by atoms with Gasteiger partial charge in [0, 0.05) is 11.6 Å². The summed E-state index contributed by atoms with van der Waals surface area (Å²) in [5, 5.41) is 4.13. The van der Waals surface area contributed by atoms with E-state index in [1.54, 1.807) is 0 Å². The Morgan fingerprint density at radius 2 is 1.10 bits per heavy atom. The molecule has 0 unspecified atom stereocenters. The van der Waals surface area contributed by atoms with E-state index in [1.165, 1.54) is 51.9 Å². The molecule has 5 aromatic rings. The standard InChI is InChI=1S/C38H34NOP/c1-5-15-29(16-6-1)38(30-17-7-2-8-18-30)36-28-25-26-31(27-28)39(36)37(40-38)34-23-13-14-24-35(34)41(32-19-9-3-10-20-32)33-21-11-4-12-22-33/h1-24,28,31,36-37H,25-27H2/t28-,31-,36+,37+/m1/s1. The highest BCUT2D eigenvalue weighted by molar-refractivity contribution is 7.79. The third kappa shape index (κ3) is 4.04. The first-order valence-corrected chi connectivity index (χ1v) is 16.2. The lowest BCUT2D eigenvalue weighted by Crippen LogP contribution is -2.47. The summed E-state index contributed by atoms with van der Waals surface area (Å²) in [7, 11) is -0.754. The third-order valence-electron chi connectivity index (χ3n) is 9.50. The fraction of sp³-hybridized carbons (Fsp3) is 0.211. The molecule has 1 aliphatic carbocycles. The van der Waals surface area contributed by atoms with Gasteiger partial charge in [-0.15, -0.1) is 0 Å². The van der Waals surface area contributed by atoms with E-state index in [0.717, 1.165) is 0 Å². The number of hydrogen-bond donors (Lipinski definition) is 0. The summed E-state index contributed by atoms with van der Waals surface area (Å²) in [5.41, 5.74) is 3.34. The molecule has 0 aromatic heterocycles. The Morgan fingerprint density at radius 1 is 0.585 bits per heavy atom. The van der Waals surface area contributed by atoms with Gasteiger partial charge in [0.1, 0.15) is 11.8 Å². The van der Waals surface area contributed by atoms with E-state index >= 15 is 0 Å². The van der Waals surface area contributed by atoms with Crippen LogP contribution in [0.5, 0.6) is 0 Å². The van der Waals surface area contributed by atoms with Gasteiger partial charge in [0.2, 0.25) is 0 Å². The van der Waals surface area contributed by atoms with Crippen molar-refractivity contribution in [3.8, 4) is 0 Å². The number of fused-ring (bicyclic) bond motifs is 5. The summed E-state index contributed by atoms with van der Waals surface area (Å²) in [4.78, 5) is 2.79. The van der Waals surface area contributed by atoms with Crippen LogP contribution in [-0.2, 0) is 10.3 Å². The molecule has 1 saturated carbocycles. The monoisotopic (exact) mass is 551 g/mol. The highest BCUT2D eigenvalue weighted by Crippen LogP contribution is 2.61. The number of ether oxygens (including phenoxy) is 1. The maximum atomic E-state index is 7.65. The molecule has 5 aromatic carbocycles. The molecular weight excluding hydrogens is 517 g/mol. The second-order valence-electron chi connectivity index (χ2n) is 11.6. The Kier molecular flexibility index (Phi) is 6.37. The van der Waals surface area contributed by atoms with Crippen molar-refractivity contribution in [3.05, 3.63) is 162 Å². The van der Waals surface area contributed by atoms with Crippen LogP contribution >= 0.6 is 7.92 Å². The van der Waals surface area contributed by atoms with E-state index in [4.69, 9.17) is 4.74 Å². The van der Waals surface area contributed by atoms with Gasteiger partial charge in [-0.3, -0.25) is 4.90 Å². The molecule has 0 radical (unpaired) electrons. The van der Waals surface area contributed by atoms with Gasteiger partial charge in [-0.05, 0) is 60.1 Å². The van der Waals surface area contributed by atoms with Crippen molar-refractivity contribution in [1.29, 1.82) is 0 Å². The van der Waals surface area contributed by atoms with Crippen LogP contribution in [0.3, 0.4) is 0 Å². The van der Waals surface area contributed by atoms with Crippen LogP contribution in [0.1, 0.15) is 42.2 Å². The molecule has 3 aliphatic rings. The molecule has 3 fully saturated rings. The van der Waals surface area contributed by atoms with E-state index in [1.807, 2.05) is 0 Å². The van der Waals surface area contributed by atoms with Crippen LogP contribution in [0, 0.1) is 5.92 Å². The summed E-state index contributed by atoms with van der Waals surface area (Å²) in [5.74, 6) is 0.627. The van der Waals surface area contributed by atoms with Crippen molar-refractivity contribution >= 4 is 23.8 Å². The fourth-order valence-electron chi connectivity index (χ4n) is 7.93. The maximum absolute atomic E-state index is 7.65. The normalized spacial score (nSPS) is 24.5. The van der Waals surface area contributed by atoms with Crippen molar-refractivity contribution in [3.63, 3.8) is 0 Å². The molecule has 2 aliphatic heterocycles. The van der Waals surface area contributed by atoms with Gasteiger partial charge in [-0.1, -0.05) is 146 Å². The third-order valence-corrected chi connectivity index (χ3v) is 12.0. The molecule has 2 nitrogen and oxygen atoms in total. The van der Waals surface area contributed by atoms with Crippen LogP contribution in [-0.4, -0.2) is 17.0 Å². The second kappa shape index (κ2) is 10.4. The molecule has 2 saturated heterocycles. The summed E-state index contributed by atoms with van der Waals surface area (Å²) >= 11 is 0. The van der Waals surface area contributed by atoms with E-state index in [-0.39, 0.29) is 6.23 Å². The van der Waals surface area contributed by atoms with E-state index in [0.29, 0.717) is 18.0 Å². The van der Waals surface area contributed by atoms with E-state index in [2.05, 4.69) is 150 Å². The lowest BCUT2D eigenvalue weighted by Gasteiger charge is -2.39.